The molecule has 0 radical (unpaired) electrons. The Kier molecular flexibility index (Phi) is 6.43. The fourth-order valence-corrected chi connectivity index (χ4v) is 3.64. The van der Waals surface area contributed by atoms with Crippen LogP contribution < -0.4 is 5.32 Å². The van der Waals surface area contributed by atoms with Crippen LogP contribution in [-0.4, -0.2) is 45.6 Å². The SMILES string of the molecule is C=N/C(=C(F)\C=C/C)C1(CNc2ncc(-c3cc(C(=O)O)ccc3O)cn2)CC(F)C1. The summed E-state index contributed by atoms with van der Waals surface area (Å²) in [6, 6.07) is 3.90. The van der Waals surface area contributed by atoms with Gasteiger partial charge >= 0.3 is 5.97 Å². The molecule has 1 fully saturated rings. The summed E-state index contributed by atoms with van der Waals surface area (Å²) in [4.78, 5) is 23.3. The highest BCUT2D eigenvalue weighted by atomic mass is 19.1. The van der Waals surface area contributed by atoms with E-state index in [1.165, 1.54) is 42.7 Å². The Morgan fingerprint density at radius 3 is 2.61 bits per heavy atom. The van der Waals surface area contributed by atoms with E-state index in [4.69, 9.17) is 5.11 Å². The molecular formula is C22H22F2N4O3. The first-order valence-corrected chi connectivity index (χ1v) is 9.56. The maximum atomic E-state index is 14.4. The number of aromatic hydroxyl groups is 1. The number of rotatable bonds is 8. The maximum Gasteiger partial charge on any atom is 0.335 e. The number of halogens is 2. The largest absolute Gasteiger partial charge is 0.507 e. The van der Waals surface area contributed by atoms with Gasteiger partial charge in [-0.3, -0.25) is 4.99 Å². The van der Waals surface area contributed by atoms with Crippen molar-refractivity contribution in [2.75, 3.05) is 11.9 Å². The molecule has 3 N–H and O–H groups in total. The summed E-state index contributed by atoms with van der Waals surface area (Å²) in [6.07, 6.45) is 4.80. The number of anilines is 1. The predicted molar refractivity (Wildman–Crippen MR) is 114 cm³/mol. The average molecular weight is 428 g/mol. The van der Waals surface area contributed by atoms with Crippen molar-refractivity contribution in [1.82, 2.24) is 9.97 Å². The first kappa shape index (κ1) is 22.1. The van der Waals surface area contributed by atoms with E-state index in [2.05, 4.69) is 27.0 Å². The topological polar surface area (TPSA) is 108 Å². The molecule has 31 heavy (non-hydrogen) atoms. The lowest BCUT2D eigenvalue weighted by atomic mass is 9.65. The van der Waals surface area contributed by atoms with Gasteiger partial charge in [0.25, 0.3) is 0 Å². The summed E-state index contributed by atoms with van der Waals surface area (Å²) >= 11 is 0. The van der Waals surface area contributed by atoms with Crippen LogP contribution in [0.2, 0.25) is 0 Å². The zero-order valence-electron chi connectivity index (χ0n) is 16.8. The van der Waals surface area contributed by atoms with Crippen molar-refractivity contribution in [3.8, 4) is 16.9 Å². The molecule has 1 heterocycles. The summed E-state index contributed by atoms with van der Waals surface area (Å²) < 4.78 is 28.1. The van der Waals surface area contributed by atoms with Gasteiger partial charge in [-0.15, -0.1) is 0 Å². The van der Waals surface area contributed by atoms with Crippen LogP contribution in [0, 0.1) is 5.41 Å². The van der Waals surface area contributed by atoms with E-state index in [1.54, 1.807) is 6.92 Å². The van der Waals surface area contributed by atoms with Crippen molar-refractivity contribution in [2.24, 2.45) is 10.4 Å². The van der Waals surface area contributed by atoms with Gasteiger partial charge in [0, 0.05) is 35.5 Å². The normalized spacial score (nSPS) is 21.3. The molecule has 0 unspecified atom stereocenters. The molecule has 162 valence electrons. The van der Waals surface area contributed by atoms with Crippen LogP contribution in [0.25, 0.3) is 11.1 Å². The number of allylic oxidation sites excluding steroid dienone is 3. The van der Waals surface area contributed by atoms with Gasteiger partial charge in [-0.05, 0) is 50.8 Å². The number of carboxylic acid groups (broad SMARTS) is 1. The number of alkyl halides is 1. The molecule has 1 aromatic carbocycles. The van der Waals surface area contributed by atoms with E-state index in [0.29, 0.717) is 5.56 Å². The molecule has 0 saturated heterocycles. The first-order chi connectivity index (χ1) is 14.8. The molecule has 0 aliphatic heterocycles. The molecule has 1 saturated carbocycles. The molecule has 0 bridgehead atoms. The number of carbonyl (C=O) groups is 1. The minimum Gasteiger partial charge on any atom is -0.507 e. The number of benzene rings is 1. The highest BCUT2D eigenvalue weighted by Gasteiger charge is 2.48. The van der Waals surface area contributed by atoms with Crippen LogP contribution in [-0.2, 0) is 0 Å². The summed E-state index contributed by atoms with van der Waals surface area (Å²) in [5.74, 6) is -1.57. The smallest absolute Gasteiger partial charge is 0.335 e. The average Bonchev–Trinajstić information content (AvgIpc) is 2.72. The fraction of sp³-hybridized carbons (Fsp3) is 0.273. The monoisotopic (exact) mass is 428 g/mol. The maximum absolute atomic E-state index is 14.4. The van der Waals surface area contributed by atoms with Crippen molar-refractivity contribution in [1.29, 1.82) is 0 Å². The van der Waals surface area contributed by atoms with Crippen LogP contribution >= 0.6 is 0 Å². The molecule has 3 rings (SSSR count). The second-order valence-corrected chi connectivity index (χ2v) is 7.33. The second-order valence-electron chi connectivity index (χ2n) is 7.33. The van der Waals surface area contributed by atoms with Crippen LogP contribution in [0.5, 0.6) is 5.75 Å². The molecule has 1 aromatic heterocycles. The van der Waals surface area contributed by atoms with E-state index < -0.39 is 23.4 Å². The molecule has 1 aliphatic rings. The number of carboxylic acids is 1. The number of phenols is 1. The van der Waals surface area contributed by atoms with Crippen molar-refractivity contribution in [3.05, 3.63) is 59.8 Å². The number of hydrogen-bond acceptors (Lipinski definition) is 6. The molecule has 1 aliphatic carbocycles. The highest BCUT2D eigenvalue weighted by molar-refractivity contribution is 5.90. The minimum absolute atomic E-state index is 0.0158. The lowest BCUT2D eigenvalue weighted by molar-refractivity contribution is 0.0654. The van der Waals surface area contributed by atoms with Crippen LogP contribution in [0.1, 0.15) is 30.1 Å². The Labute approximate surface area is 177 Å². The third kappa shape index (κ3) is 4.60. The van der Waals surface area contributed by atoms with Crippen molar-refractivity contribution in [3.63, 3.8) is 0 Å². The van der Waals surface area contributed by atoms with Crippen LogP contribution in [0.4, 0.5) is 14.7 Å². The number of aromatic carboxylic acids is 1. The van der Waals surface area contributed by atoms with Gasteiger partial charge < -0.3 is 15.5 Å². The lowest BCUT2D eigenvalue weighted by Crippen LogP contribution is -2.45. The van der Waals surface area contributed by atoms with Gasteiger partial charge in [-0.2, -0.15) is 0 Å². The van der Waals surface area contributed by atoms with Crippen LogP contribution in [0.15, 0.2) is 59.3 Å². The van der Waals surface area contributed by atoms with Crippen molar-refractivity contribution >= 4 is 18.6 Å². The number of aliphatic imine (C=N–C) groups is 1. The number of aromatic nitrogens is 2. The van der Waals surface area contributed by atoms with Gasteiger partial charge in [0.2, 0.25) is 5.95 Å². The zero-order chi connectivity index (χ0) is 22.6. The number of nitrogens with zero attached hydrogens (tertiary/aromatic N) is 3. The van der Waals surface area contributed by atoms with Gasteiger partial charge in [-0.25, -0.2) is 23.5 Å². The third-order valence-corrected chi connectivity index (χ3v) is 5.22. The molecule has 0 amide bonds. The van der Waals surface area contributed by atoms with Crippen molar-refractivity contribution in [2.45, 2.75) is 25.9 Å². The zero-order valence-corrected chi connectivity index (χ0v) is 16.8. The van der Waals surface area contributed by atoms with Crippen molar-refractivity contribution < 1.29 is 23.8 Å². The number of phenolic OH excluding ortho intramolecular Hbond substituents is 1. The first-order valence-electron chi connectivity index (χ1n) is 9.56. The lowest BCUT2D eigenvalue weighted by Gasteiger charge is -2.44. The summed E-state index contributed by atoms with van der Waals surface area (Å²) in [6.45, 7) is 5.26. The van der Waals surface area contributed by atoms with E-state index in [0.717, 1.165) is 0 Å². The second kappa shape index (κ2) is 9.03. The summed E-state index contributed by atoms with van der Waals surface area (Å²) in [5.41, 5.74) is -0.0560. The fourth-order valence-electron chi connectivity index (χ4n) is 3.64. The predicted octanol–water partition coefficient (Wildman–Crippen LogP) is 4.54. The minimum atomic E-state index is -1.12. The molecular weight excluding hydrogens is 406 g/mol. The van der Waals surface area contributed by atoms with E-state index in [9.17, 15) is 18.7 Å². The van der Waals surface area contributed by atoms with E-state index in [1.807, 2.05) is 0 Å². The van der Waals surface area contributed by atoms with Gasteiger partial charge in [0.05, 0.1) is 11.3 Å². The summed E-state index contributed by atoms with van der Waals surface area (Å²) in [7, 11) is 0. The quantitative estimate of drug-likeness (QED) is 0.421. The number of hydrogen-bond donors (Lipinski definition) is 3. The van der Waals surface area contributed by atoms with Crippen LogP contribution in [0.3, 0.4) is 0 Å². The summed E-state index contributed by atoms with van der Waals surface area (Å²) in [5, 5.41) is 22.1. The Morgan fingerprint density at radius 1 is 1.39 bits per heavy atom. The van der Waals surface area contributed by atoms with Gasteiger partial charge in [0.1, 0.15) is 17.7 Å². The third-order valence-electron chi connectivity index (χ3n) is 5.22. The molecule has 2 aromatic rings. The molecule has 0 atom stereocenters. The highest BCUT2D eigenvalue weighted by Crippen LogP contribution is 2.50. The van der Waals surface area contributed by atoms with E-state index >= 15 is 0 Å². The Balaban J connectivity index is 1.80. The van der Waals surface area contributed by atoms with Gasteiger partial charge in [-0.1, -0.05) is 6.08 Å². The van der Waals surface area contributed by atoms with Gasteiger partial charge in [0.15, 0.2) is 0 Å². The standard InChI is InChI=1S/C22H22F2N4O3/c1-3-4-17(24)19(25-2)22(8-15(23)9-22)12-28-21-26-10-14(11-27-21)16-7-13(20(30)31)5-6-18(16)29/h3-7,10-11,15,29H,2,8-9,12H2,1H3,(H,30,31)(H,26,27,28)/b4-3-,19-17+. The Morgan fingerprint density at radius 2 is 2.06 bits per heavy atom. The molecule has 0 spiro atoms. The Bertz CT molecular complexity index is 1050. The van der Waals surface area contributed by atoms with E-state index in [-0.39, 0.29) is 47.9 Å². The molecule has 7 nitrogen and oxygen atoms in total. The molecule has 9 heteroatoms. The Hall–Kier alpha value is -3.62. The number of nitrogens with one attached hydrogen (secondary N) is 1.